The number of carbonyl (C=O) groups excluding carboxylic acids is 3. The van der Waals surface area contributed by atoms with E-state index >= 15 is 0 Å². The Morgan fingerprint density at radius 3 is 2.43 bits per heavy atom. The highest BCUT2D eigenvalue weighted by Crippen LogP contribution is 2.41. The van der Waals surface area contributed by atoms with Gasteiger partial charge in [-0.3, -0.25) is 4.79 Å². The number of hydrogen-bond acceptors (Lipinski definition) is 10. The SMILES string of the molecule is CCOC(=O)C1=C(COCCN)NC(C)=C(C(=O)OC)C1c1ccccc1Cl.O=C1CCC(C(=O)O)O1. The van der Waals surface area contributed by atoms with Crippen molar-refractivity contribution in [2.24, 2.45) is 5.73 Å². The van der Waals surface area contributed by atoms with Crippen molar-refractivity contribution in [1.29, 1.82) is 0 Å². The summed E-state index contributed by atoms with van der Waals surface area (Å²) < 4.78 is 20.2. The predicted molar refractivity (Wildman–Crippen MR) is 132 cm³/mol. The van der Waals surface area contributed by atoms with E-state index in [1.54, 1.807) is 38.1 Å². The molecular formula is C25H31ClN2O9. The lowest BCUT2D eigenvalue weighted by molar-refractivity contribution is -0.156. The Labute approximate surface area is 219 Å². The molecule has 2 atom stereocenters. The lowest BCUT2D eigenvalue weighted by atomic mass is 9.80. The van der Waals surface area contributed by atoms with Crippen LogP contribution in [-0.4, -0.2) is 68.6 Å². The number of nitrogens with one attached hydrogen (secondary N) is 1. The Kier molecular flexibility index (Phi) is 11.6. The van der Waals surface area contributed by atoms with Crippen LogP contribution >= 0.6 is 11.6 Å². The monoisotopic (exact) mass is 538 g/mol. The normalized spacial score (nSPS) is 18.9. The van der Waals surface area contributed by atoms with Crippen LogP contribution < -0.4 is 11.1 Å². The third kappa shape index (κ3) is 7.78. The molecule has 12 heteroatoms. The number of carboxylic acids is 1. The Hall–Kier alpha value is -3.41. The third-order valence-corrected chi connectivity index (χ3v) is 5.77. The van der Waals surface area contributed by atoms with Gasteiger partial charge in [-0.25, -0.2) is 14.4 Å². The first kappa shape index (κ1) is 29.8. The molecule has 0 bridgehead atoms. The average molecular weight is 539 g/mol. The van der Waals surface area contributed by atoms with Crippen LogP contribution in [0.5, 0.6) is 0 Å². The highest BCUT2D eigenvalue weighted by molar-refractivity contribution is 6.31. The van der Waals surface area contributed by atoms with Crippen LogP contribution in [0.2, 0.25) is 5.02 Å². The number of benzene rings is 1. The largest absolute Gasteiger partial charge is 0.479 e. The molecule has 0 saturated carbocycles. The lowest BCUT2D eigenvalue weighted by Gasteiger charge is -2.31. The standard InChI is InChI=1S/C20H25ClN2O5.C5H6O4/c1-4-28-20(25)18-15(11-27-10-9-22)23-12(2)16(19(24)26-3)17(18)13-7-5-6-8-14(13)21;6-4-2-1-3(9-4)5(7)8/h5-8,17,23H,4,9-11,22H2,1-3H3;3H,1-2H2,(H,7,8). The number of nitrogens with two attached hydrogens (primary N) is 1. The highest BCUT2D eigenvalue weighted by atomic mass is 35.5. The molecule has 4 N–H and O–H groups in total. The second kappa shape index (κ2) is 14.4. The smallest absolute Gasteiger partial charge is 0.345 e. The molecule has 202 valence electrons. The quantitative estimate of drug-likeness (QED) is 0.239. The van der Waals surface area contributed by atoms with Gasteiger partial charge in [-0.05, 0) is 25.5 Å². The van der Waals surface area contributed by atoms with Gasteiger partial charge in [-0.15, -0.1) is 0 Å². The van der Waals surface area contributed by atoms with Crippen molar-refractivity contribution in [3.8, 4) is 0 Å². The number of carboxylic acid groups (broad SMARTS) is 1. The van der Waals surface area contributed by atoms with Crippen molar-refractivity contribution < 1.29 is 43.2 Å². The molecule has 2 aliphatic heterocycles. The van der Waals surface area contributed by atoms with E-state index in [1.807, 2.05) is 0 Å². The summed E-state index contributed by atoms with van der Waals surface area (Å²) in [6.07, 6.45) is -0.344. The number of aliphatic carboxylic acids is 1. The van der Waals surface area contributed by atoms with Gasteiger partial charge in [0.1, 0.15) is 0 Å². The summed E-state index contributed by atoms with van der Waals surface area (Å²) in [5.41, 5.74) is 7.70. The molecule has 2 unspecified atom stereocenters. The Balaban J connectivity index is 0.000000449. The van der Waals surface area contributed by atoms with Crippen molar-refractivity contribution in [1.82, 2.24) is 5.32 Å². The van der Waals surface area contributed by atoms with Crippen LogP contribution in [-0.2, 0) is 38.1 Å². The fourth-order valence-corrected chi connectivity index (χ4v) is 4.06. The summed E-state index contributed by atoms with van der Waals surface area (Å²) in [5.74, 6) is -3.33. The van der Waals surface area contributed by atoms with Crippen molar-refractivity contribution in [2.45, 2.75) is 38.7 Å². The van der Waals surface area contributed by atoms with Crippen LogP contribution in [0, 0.1) is 0 Å². The van der Waals surface area contributed by atoms with E-state index in [2.05, 4.69) is 10.1 Å². The molecule has 1 fully saturated rings. The minimum Gasteiger partial charge on any atom is -0.479 e. The average Bonchev–Trinajstić information content (AvgIpc) is 3.31. The van der Waals surface area contributed by atoms with Crippen LogP contribution in [0.1, 0.15) is 38.2 Å². The van der Waals surface area contributed by atoms with Crippen LogP contribution in [0.4, 0.5) is 0 Å². The van der Waals surface area contributed by atoms with Gasteiger partial charge in [0, 0.05) is 30.1 Å². The zero-order valence-electron chi connectivity index (χ0n) is 20.9. The highest BCUT2D eigenvalue weighted by Gasteiger charge is 2.39. The summed E-state index contributed by atoms with van der Waals surface area (Å²) in [5, 5.41) is 11.8. The molecule has 0 radical (unpaired) electrons. The molecule has 0 amide bonds. The van der Waals surface area contributed by atoms with Crippen molar-refractivity contribution in [3.63, 3.8) is 0 Å². The number of rotatable bonds is 9. The number of methoxy groups -OCH3 is 1. The van der Waals surface area contributed by atoms with Gasteiger partial charge in [0.05, 0.1) is 49.7 Å². The summed E-state index contributed by atoms with van der Waals surface area (Å²) in [6.45, 7) is 4.42. The first-order chi connectivity index (χ1) is 17.7. The van der Waals surface area contributed by atoms with Crippen LogP contribution in [0.15, 0.2) is 46.8 Å². The van der Waals surface area contributed by atoms with Gasteiger partial charge in [0.15, 0.2) is 6.10 Å². The molecule has 1 aromatic rings. The number of dihydropyridines is 1. The van der Waals surface area contributed by atoms with Gasteiger partial charge in [-0.1, -0.05) is 29.8 Å². The molecule has 2 heterocycles. The summed E-state index contributed by atoms with van der Waals surface area (Å²) >= 11 is 6.42. The number of carbonyl (C=O) groups is 4. The molecule has 37 heavy (non-hydrogen) atoms. The van der Waals surface area contributed by atoms with E-state index < -0.39 is 35.9 Å². The number of ether oxygens (including phenoxy) is 4. The molecule has 1 aromatic carbocycles. The molecule has 2 aliphatic rings. The zero-order valence-corrected chi connectivity index (χ0v) is 21.6. The van der Waals surface area contributed by atoms with Gasteiger partial charge in [0.25, 0.3) is 0 Å². The third-order valence-electron chi connectivity index (χ3n) is 5.43. The molecule has 0 spiro atoms. The number of esters is 3. The molecule has 11 nitrogen and oxygen atoms in total. The van der Waals surface area contributed by atoms with Gasteiger partial charge < -0.3 is 35.1 Å². The second-order valence-corrected chi connectivity index (χ2v) is 8.33. The molecule has 3 rings (SSSR count). The van der Waals surface area contributed by atoms with Crippen LogP contribution in [0.3, 0.4) is 0 Å². The molecular weight excluding hydrogens is 508 g/mol. The van der Waals surface area contributed by atoms with Gasteiger partial charge in [0.2, 0.25) is 0 Å². The minimum atomic E-state index is -1.05. The Morgan fingerprint density at radius 1 is 1.22 bits per heavy atom. The van der Waals surface area contributed by atoms with E-state index in [0.29, 0.717) is 47.1 Å². The number of halogens is 1. The van der Waals surface area contributed by atoms with E-state index in [4.69, 9.17) is 36.7 Å². The van der Waals surface area contributed by atoms with Crippen LogP contribution in [0.25, 0.3) is 0 Å². The Morgan fingerprint density at radius 2 is 1.92 bits per heavy atom. The fraction of sp³-hybridized carbons (Fsp3) is 0.440. The minimum absolute atomic E-state index is 0.109. The van der Waals surface area contributed by atoms with E-state index in [9.17, 15) is 19.2 Å². The van der Waals surface area contributed by atoms with E-state index in [1.165, 1.54) is 7.11 Å². The topological polar surface area (TPSA) is 163 Å². The molecule has 1 saturated heterocycles. The summed E-state index contributed by atoms with van der Waals surface area (Å²) in [7, 11) is 1.29. The number of allylic oxidation sites excluding steroid dienone is 1. The summed E-state index contributed by atoms with van der Waals surface area (Å²) in [4.78, 5) is 45.8. The first-order valence-electron chi connectivity index (χ1n) is 11.6. The maximum atomic E-state index is 12.9. The molecule has 0 aliphatic carbocycles. The van der Waals surface area contributed by atoms with Crippen molar-refractivity contribution >= 4 is 35.5 Å². The lowest BCUT2D eigenvalue weighted by Crippen LogP contribution is -2.35. The first-order valence-corrected chi connectivity index (χ1v) is 11.9. The second-order valence-electron chi connectivity index (χ2n) is 7.92. The van der Waals surface area contributed by atoms with E-state index in [-0.39, 0.29) is 25.2 Å². The Bertz CT molecular complexity index is 1080. The van der Waals surface area contributed by atoms with Gasteiger partial charge >= 0.3 is 23.9 Å². The zero-order chi connectivity index (χ0) is 27.5. The van der Waals surface area contributed by atoms with Gasteiger partial charge in [-0.2, -0.15) is 0 Å². The molecule has 0 aromatic heterocycles. The van der Waals surface area contributed by atoms with E-state index in [0.717, 1.165) is 0 Å². The number of cyclic esters (lactones) is 1. The predicted octanol–water partition coefficient (Wildman–Crippen LogP) is 2.04. The van der Waals surface area contributed by atoms with Crippen molar-refractivity contribution in [3.05, 3.63) is 57.4 Å². The number of hydrogen-bond donors (Lipinski definition) is 3. The fourth-order valence-electron chi connectivity index (χ4n) is 3.82. The maximum absolute atomic E-state index is 12.9. The maximum Gasteiger partial charge on any atom is 0.345 e. The van der Waals surface area contributed by atoms with Crippen molar-refractivity contribution in [2.75, 3.05) is 33.5 Å². The summed E-state index contributed by atoms with van der Waals surface area (Å²) in [6, 6.07) is 7.05.